The summed E-state index contributed by atoms with van der Waals surface area (Å²) in [6.07, 6.45) is 10.7. The zero-order valence-corrected chi connectivity index (χ0v) is 23.0. The number of aliphatic hydroxyl groups is 1. The number of aliphatic hydroxyl groups excluding tert-OH is 1. The highest BCUT2D eigenvalue weighted by atomic mass is 19.1. The molecule has 1 aliphatic carbocycles. The molecule has 4 heteroatoms. The highest BCUT2D eigenvalue weighted by molar-refractivity contribution is 5.79. The monoisotopic (exact) mass is 516 g/mol. The molecule has 0 spiro atoms. The summed E-state index contributed by atoms with van der Waals surface area (Å²) in [4.78, 5) is 12.2. The van der Waals surface area contributed by atoms with Gasteiger partial charge in [-0.15, -0.1) is 0 Å². The zero-order chi connectivity index (χ0) is 27.1. The van der Waals surface area contributed by atoms with E-state index in [9.17, 15) is 9.90 Å². The molecule has 4 rings (SSSR count). The van der Waals surface area contributed by atoms with E-state index in [1.807, 2.05) is 6.07 Å². The van der Waals surface area contributed by atoms with Gasteiger partial charge in [0.25, 0.3) is 0 Å². The van der Waals surface area contributed by atoms with Crippen molar-refractivity contribution >= 4 is 5.97 Å². The first kappa shape index (κ1) is 28.0. The minimum atomic E-state index is -0.980. The van der Waals surface area contributed by atoms with Gasteiger partial charge in [0.15, 0.2) is 0 Å². The van der Waals surface area contributed by atoms with Crippen LogP contribution in [0.15, 0.2) is 66.7 Å². The molecule has 0 saturated heterocycles. The number of halogens is 1. The van der Waals surface area contributed by atoms with E-state index in [1.54, 1.807) is 50.2 Å². The van der Waals surface area contributed by atoms with E-state index in [0.717, 1.165) is 17.0 Å². The lowest BCUT2D eigenvalue weighted by Gasteiger charge is -2.29. The van der Waals surface area contributed by atoms with Crippen LogP contribution in [0.1, 0.15) is 83.6 Å². The Kier molecular flexibility index (Phi) is 9.38. The third-order valence-corrected chi connectivity index (χ3v) is 8.07. The Morgan fingerprint density at radius 3 is 2.13 bits per heavy atom. The Balaban J connectivity index is 1.38. The quantitative estimate of drug-likeness (QED) is 0.166. The minimum absolute atomic E-state index is 0.292. The van der Waals surface area contributed by atoms with Gasteiger partial charge in [0.2, 0.25) is 0 Å². The number of ether oxygens (including phenoxy) is 1. The number of rotatable bonds is 10. The van der Waals surface area contributed by atoms with Crippen LogP contribution < -0.4 is 4.74 Å². The van der Waals surface area contributed by atoms with Gasteiger partial charge in [-0.25, -0.2) is 4.39 Å². The largest absolute Gasteiger partial charge is 0.426 e. The van der Waals surface area contributed by atoms with Crippen LogP contribution in [0.3, 0.4) is 0 Å². The maximum absolute atomic E-state index is 15.1. The van der Waals surface area contributed by atoms with Crippen molar-refractivity contribution in [2.45, 2.75) is 78.1 Å². The van der Waals surface area contributed by atoms with E-state index in [2.05, 4.69) is 31.2 Å². The van der Waals surface area contributed by atoms with Gasteiger partial charge in [0.05, 0.1) is 12.0 Å². The van der Waals surface area contributed by atoms with Crippen LogP contribution >= 0.6 is 0 Å². The van der Waals surface area contributed by atoms with Gasteiger partial charge in [-0.3, -0.25) is 4.79 Å². The van der Waals surface area contributed by atoms with Crippen molar-refractivity contribution in [3.8, 4) is 28.0 Å². The van der Waals surface area contributed by atoms with Gasteiger partial charge < -0.3 is 9.84 Å². The van der Waals surface area contributed by atoms with Gasteiger partial charge in [0, 0.05) is 5.56 Å². The maximum atomic E-state index is 15.1. The van der Waals surface area contributed by atoms with Crippen LogP contribution in [-0.4, -0.2) is 17.7 Å². The maximum Gasteiger partial charge on any atom is 0.319 e. The van der Waals surface area contributed by atoms with Crippen LogP contribution in [0.2, 0.25) is 0 Å². The van der Waals surface area contributed by atoms with Gasteiger partial charge in [-0.2, -0.15) is 0 Å². The third kappa shape index (κ3) is 6.91. The molecule has 1 aliphatic rings. The molecule has 1 fully saturated rings. The molecule has 202 valence electrons. The lowest BCUT2D eigenvalue weighted by molar-refractivity contribution is -0.146. The number of esters is 1. The van der Waals surface area contributed by atoms with Gasteiger partial charge >= 0.3 is 5.97 Å². The third-order valence-electron chi connectivity index (χ3n) is 8.07. The molecule has 3 aromatic carbocycles. The van der Waals surface area contributed by atoms with E-state index in [-0.39, 0.29) is 12.4 Å². The first-order valence-corrected chi connectivity index (χ1v) is 14.1. The van der Waals surface area contributed by atoms with Crippen molar-refractivity contribution in [3.05, 3.63) is 78.1 Å². The van der Waals surface area contributed by atoms with Gasteiger partial charge in [0.1, 0.15) is 11.6 Å². The first-order valence-electron chi connectivity index (χ1n) is 14.1. The summed E-state index contributed by atoms with van der Waals surface area (Å²) in [6, 6.07) is 20.8. The van der Waals surface area contributed by atoms with E-state index in [1.165, 1.54) is 56.9 Å². The molecule has 0 heterocycles. The van der Waals surface area contributed by atoms with Crippen LogP contribution in [0.25, 0.3) is 22.3 Å². The molecule has 1 saturated carbocycles. The van der Waals surface area contributed by atoms with Crippen LogP contribution in [0.4, 0.5) is 4.39 Å². The lowest BCUT2D eigenvalue weighted by atomic mass is 9.77. The fourth-order valence-corrected chi connectivity index (χ4v) is 5.36. The Morgan fingerprint density at radius 2 is 1.53 bits per heavy atom. The molecule has 0 atom stereocenters. The standard InChI is InChI=1S/C34H41FO3/c1-4-5-6-7-24-8-10-25(11-9-24)26-12-14-27(15-13-26)29-18-21-31(32(35)22-29)28-16-19-30(20-17-28)38-33(37)34(2,3)23-36/h12-22,24-25,36H,4-11,23H2,1-3H3. The van der Waals surface area contributed by atoms with E-state index >= 15 is 4.39 Å². The molecule has 0 aromatic heterocycles. The van der Waals surface area contributed by atoms with Crippen molar-refractivity contribution in [3.63, 3.8) is 0 Å². The Hall–Kier alpha value is -2.98. The topological polar surface area (TPSA) is 46.5 Å². The van der Waals surface area contributed by atoms with Crippen molar-refractivity contribution < 1.29 is 19.0 Å². The fraction of sp³-hybridized carbons (Fsp3) is 0.441. The lowest BCUT2D eigenvalue weighted by Crippen LogP contribution is -2.32. The molecule has 0 aliphatic heterocycles. The molecular weight excluding hydrogens is 475 g/mol. The summed E-state index contributed by atoms with van der Waals surface area (Å²) < 4.78 is 20.5. The summed E-state index contributed by atoms with van der Waals surface area (Å²) in [5.74, 6) is 1.11. The average molecular weight is 517 g/mol. The second kappa shape index (κ2) is 12.7. The number of unbranched alkanes of at least 4 members (excludes halogenated alkanes) is 2. The van der Waals surface area contributed by atoms with E-state index in [4.69, 9.17) is 4.74 Å². The molecule has 1 N–H and O–H groups in total. The zero-order valence-electron chi connectivity index (χ0n) is 23.0. The highest BCUT2D eigenvalue weighted by Crippen LogP contribution is 2.38. The van der Waals surface area contributed by atoms with Crippen molar-refractivity contribution in [1.29, 1.82) is 0 Å². The number of benzene rings is 3. The Morgan fingerprint density at radius 1 is 0.895 bits per heavy atom. The summed E-state index contributed by atoms with van der Waals surface area (Å²) in [6.45, 7) is 5.21. The molecule has 0 unspecified atom stereocenters. The summed E-state index contributed by atoms with van der Waals surface area (Å²) in [5, 5.41) is 9.34. The minimum Gasteiger partial charge on any atom is -0.426 e. The predicted molar refractivity (Wildman–Crippen MR) is 153 cm³/mol. The normalized spacial score (nSPS) is 17.8. The van der Waals surface area contributed by atoms with Crippen molar-refractivity contribution in [2.75, 3.05) is 6.61 Å². The van der Waals surface area contributed by atoms with E-state index in [0.29, 0.717) is 22.8 Å². The number of carbonyl (C=O) groups is 1. The van der Waals surface area contributed by atoms with E-state index < -0.39 is 11.4 Å². The number of hydrogen-bond acceptors (Lipinski definition) is 3. The molecule has 0 amide bonds. The fourth-order valence-electron chi connectivity index (χ4n) is 5.36. The number of hydrogen-bond donors (Lipinski definition) is 1. The predicted octanol–water partition coefficient (Wildman–Crippen LogP) is 8.94. The Bertz CT molecular complexity index is 1190. The van der Waals surface area contributed by atoms with Crippen LogP contribution in [0.5, 0.6) is 5.75 Å². The second-order valence-electron chi connectivity index (χ2n) is 11.5. The average Bonchev–Trinajstić information content (AvgIpc) is 2.94. The highest BCUT2D eigenvalue weighted by Gasteiger charge is 2.29. The summed E-state index contributed by atoms with van der Waals surface area (Å²) in [7, 11) is 0. The smallest absolute Gasteiger partial charge is 0.319 e. The van der Waals surface area contributed by atoms with Crippen LogP contribution in [0, 0.1) is 17.2 Å². The Labute approximate surface area is 227 Å². The molecule has 38 heavy (non-hydrogen) atoms. The number of carbonyl (C=O) groups excluding carboxylic acids is 1. The molecule has 0 bridgehead atoms. The SMILES string of the molecule is CCCCCC1CCC(c2ccc(-c3ccc(-c4ccc(OC(=O)C(C)(C)CO)cc4)c(F)c3)cc2)CC1. The van der Waals surface area contributed by atoms with Gasteiger partial charge in [-0.05, 0) is 91.8 Å². The molecule has 3 aromatic rings. The summed E-state index contributed by atoms with van der Waals surface area (Å²) in [5.41, 5.74) is 3.49. The first-order chi connectivity index (χ1) is 18.3. The second-order valence-corrected chi connectivity index (χ2v) is 11.5. The molecule has 0 radical (unpaired) electrons. The molecule has 3 nitrogen and oxygen atoms in total. The van der Waals surface area contributed by atoms with Crippen molar-refractivity contribution in [2.24, 2.45) is 11.3 Å². The van der Waals surface area contributed by atoms with Crippen LogP contribution in [-0.2, 0) is 4.79 Å². The van der Waals surface area contributed by atoms with Gasteiger partial charge in [-0.1, -0.05) is 81.1 Å². The summed E-state index contributed by atoms with van der Waals surface area (Å²) >= 11 is 0. The molecular formula is C34H41FO3. The van der Waals surface area contributed by atoms with Crippen molar-refractivity contribution in [1.82, 2.24) is 0 Å².